The summed E-state index contributed by atoms with van der Waals surface area (Å²) in [5.74, 6) is 0.532. The predicted octanol–water partition coefficient (Wildman–Crippen LogP) is 4.02. The van der Waals surface area contributed by atoms with Crippen molar-refractivity contribution >= 4 is 17.5 Å². The second-order valence-electron chi connectivity index (χ2n) is 5.92. The normalized spacial score (nSPS) is 13.1. The zero-order valence-electron chi connectivity index (χ0n) is 12.3. The molecule has 0 heterocycles. The Labute approximate surface area is 121 Å². The Kier molecular flexibility index (Phi) is 5.86. The summed E-state index contributed by atoms with van der Waals surface area (Å²) >= 11 is 5.82. The van der Waals surface area contributed by atoms with Gasteiger partial charge in [0.05, 0.1) is 0 Å². The van der Waals surface area contributed by atoms with Crippen LogP contribution in [0.1, 0.15) is 50.0 Å². The molecular formula is C16H24ClNO. The summed E-state index contributed by atoms with van der Waals surface area (Å²) < 4.78 is 0. The summed E-state index contributed by atoms with van der Waals surface area (Å²) in [6.45, 7) is 8.45. The molecule has 0 fully saturated rings. The van der Waals surface area contributed by atoms with Crippen LogP contribution in [0.3, 0.4) is 0 Å². The molecule has 1 atom stereocenters. The molecule has 1 aromatic carbocycles. The van der Waals surface area contributed by atoms with Gasteiger partial charge in [0.1, 0.15) is 0 Å². The number of carbonyl (C=O) groups excluding carboxylic acids is 1. The molecule has 0 aliphatic carbocycles. The second kappa shape index (κ2) is 6.95. The van der Waals surface area contributed by atoms with E-state index in [4.69, 9.17) is 11.6 Å². The Morgan fingerprint density at radius 3 is 2.26 bits per heavy atom. The SMILES string of the molecule is CCc1ccc(C(=O)NC(CCCl)C(C)(C)C)cc1. The van der Waals surface area contributed by atoms with E-state index >= 15 is 0 Å². The molecule has 0 aliphatic heterocycles. The van der Waals surface area contributed by atoms with Crippen molar-refractivity contribution in [2.45, 2.75) is 46.6 Å². The summed E-state index contributed by atoms with van der Waals surface area (Å²) in [4.78, 5) is 12.2. The van der Waals surface area contributed by atoms with E-state index in [1.165, 1.54) is 5.56 Å². The Hall–Kier alpha value is -1.02. The van der Waals surface area contributed by atoms with E-state index in [1.807, 2.05) is 24.3 Å². The molecule has 2 nitrogen and oxygen atoms in total. The van der Waals surface area contributed by atoms with Crippen molar-refractivity contribution in [3.8, 4) is 0 Å². The number of alkyl halides is 1. The molecule has 0 aromatic heterocycles. The molecule has 1 N–H and O–H groups in total. The molecule has 1 unspecified atom stereocenters. The molecule has 1 rings (SSSR count). The highest BCUT2D eigenvalue weighted by atomic mass is 35.5. The monoisotopic (exact) mass is 281 g/mol. The van der Waals surface area contributed by atoms with Crippen molar-refractivity contribution < 1.29 is 4.79 Å². The first-order valence-electron chi connectivity index (χ1n) is 6.84. The number of amides is 1. The Balaban J connectivity index is 2.75. The smallest absolute Gasteiger partial charge is 0.251 e. The Morgan fingerprint density at radius 2 is 1.84 bits per heavy atom. The third kappa shape index (κ3) is 4.87. The maximum Gasteiger partial charge on any atom is 0.251 e. The first-order chi connectivity index (χ1) is 8.88. The van der Waals surface area contributed by atoms with Gasteiger partial charge in [-0.25, -0.2) is 0 Å². The molecule has 106 valence electrons. The summed E-state index contributed by atoms with van der Waals surface area (Å²) in [5, 5.41) is 3.09. The number of halogens is 1. The molecule has 0 saturated carbocycles. The van der Waals surface area contributed by atoms with Crippen LogP contribution in [0, 0.1) is 5.41 Å². The first-order valence-corrected chi connectivity index (χ1v) is 7.37. The minimum absolute atomic E-state index is 0.00785. The van der Waals surface area contributed by atoms with Crippen molar-refractivity contribution in [1.29, 1.82) is 0 Å². The van der Waals surface area contributed by atoms with E-state index in [0.717, 1.165) is 12.8 Å². The fourth-order valence-corrected chi connectivity index (χ4v) is 2.18. The van der Waals surface area contributed by atoms with Crippen LogP contribution in [-0.4, -0.2) is 17.8 Å². The van der Waals surface area contributed by atoms with Crippen LogP contribution in [0.5, 0.6) is 0 Å². The number of hydrogen-bond acceptors (Lipinski definition) is 1. The molecule has 1 amide bonds. The highest BCUT2D eigenvalue weighted by Gasteiger charge is 2.25. The highest BCUT2D eigenvalue weighted by Crippen LogP contribution is 2.22. The van der Waals surface area contributed by atoms with Crippen LogP contribution in [0.4, 0.5) is 0 Å². The summed E-state index contributed by atoms with van der Waals surface area (Å²) in [5.41, 5.74) is 1.96. The van der Waals surface area contributed by atoms with Gasteiger partial charge in [0.2, 0.25) is 0 Å². The number of rotatable bonds is 5. The largest absolute Gasteiger partial charge is 0.349 e. The fraction of sp³-hybridized carbons (Fsp3) is 0.562. The molecule has 0 aliphatic rings. The minimum atomic E-state index is -0.0207. The van der Waals surface area contributed by atoms with E-state index in [0.29, 0.717) is 11.4 Å². The molecule has 19 heavy (non-hydrogen) atoms. The van der Waals surface area contributed by atoms with Crippen LogP contribution in [-0.2, 0) is 6.42 Å². The molecule has 3 heteroatoms. The molecule has 0 bridgehead atoms. The highest BCUT2D eigenvalue weighted by molar-refractivity contribution is 6.17. The van der Waals surface area contributed by atoms with Crippen molar-refractivity contribution in [2.24, 2.45) is 5.41 Å². The molecule has 1 aromatic rings. The van der Waals surface area contributed by atoms with Gasteiger partial charge < -0.3 is 5.32 Å². The second-order valence-corrected chi connectivity index (χ2v) is 6.30. The van der Waals surface area contributed by atoms with Crippen molar-refractivity contribution in [3.63, 3.8) is 0 Å². The Bertz CT molecular complexity index is 406. The van der Waals surface area contributed by atoms with E-state index in [2.05, 4.69) is 33.0 Å². The standard InChI is InChI=1S/C16H24ClNO/c1-5-12-6-8-13(9-7-12)15(19)18-14(10-11-17)16(2,3)4/h6-9,14H,5,10-11H2,1-4H3,(H,18,19). The minimum Gasteiger partial charge on any atom is -0.349 e. The van der Waals surface area contributed by atoms with E-state index in [-0.39, 0.29) is 17.4 Å². The maximum absolute atomic E-state index is 12.2. The topological polar surface area (TPSA) is 29.1 Å². The lowest BCUT2D eigenvalue weighted by Gasteiger charge is -2.31. The zero-order chi connectivity index (χ0) is 14.5. The van der Waals surface area contributed by atoms with Crippen LogP contribution < -0.4 is 5.32 Å². The quantitative estimate of drug-likeness (QED) is 0.812. The molecule has 0 saturated heterocycles. The van der Waals surface area contributed by atoms with Gasteiger partial charge in [-0.1, -0.05) is 39.8 Å². The lowest BCUT2D eigenvalue weighted by atomic mass is 9.85. The van der Waals surface area contributed by atoms with Gasteiger partial charge in [-0.05, 0) is 36.0 Å². The van der Waals surface area contributed by atoms with Crippen LogP contribution in [0.25, 0.3) is 0 Å². The number of nitrogens with one attached hydrogen (secondary N) is 1. The van der Waals surface area contributed by atoms with Gasteiger partial charge in [0.25, 0.3) is 5.91 Å². The van der Waals surface area contributed by atoms with Crippen molar-refractivity contribution in [2.75, 3.05) is 5.88 Å². The summed E-state index contributed by atoms with van der Waals surface area (Å²) in [6, 6.07) is 7.86. The van der Waals surface area contributed by atoms with Gasteiger partial charge >= 0.3 is 0 Å². The predicted molar refractivity (Wildman–Crippen MR) is 81.9 cm³/mol. The van der Waals surface area contributed by atoms with Gasteiger partial charge in [0, 0.05) is 17.5 Å². The summed E-state index contributed by atoms with van der Waals surface area (Å²) in [6.07, 6.45) is 1.77. The average molecular weight is 282 g/mol. The first kappa shape index (κ1) is 16.0. The average Bonchev–Trinajstić information content (AvgIpc) is 2.37. The lowest BCUT2D eigenvalue weighted by molar-refractivity contribution is 0.0900. The van der Waals surface area contributed by atoms with E-state index in [1.54, 1.807) is 0 Å². The fourth-order valence-electron chi connectivity index (χ4n) is 1.96. The number of hydrogen-bond donors (Lipinski definition) is 1. The number of benzene rings is 1. The van der Waals surface area contributed by atoms with Gasteiger partial charge in [-0.15, -0.1) is 11.6 Å². The third-order valence-electron chi connectivity index (χ3n) is 3.37. The van der Waals surface area contributed by atoms with E-state index < -0.39 is 0 Å². The van der Waals surface area contributed by atoms with Crippen LogP contribution in [0.15, 0.2) is 24.3 Å². The summed E-state index contributed by atoms with van der Waals surface area (Å²) in [7, 11) is 0. The zero-order valence-corrected chi connectivity index (χ0v) is 13.1. The maximum atomic E-state index is 12.2. The van der Waals surface area contributed by atoms with Crippen molar-refractivity contribution in [1.82, 2.24) is 5.32 Å². The van der Waals surface area contributed by atoms with Gasteiger partial charge in [-0.3, -0.25) is 4.79 Å². The Morgan fingerprint density at radius 1 is 1.26 bits per heavy atom. The van der Waals surface area contributed by atoms with Crippen molar-refractivity contribution in [3.05, 3.63) is 35.4 Å². The molecular weight excluding hydrogens is 258 g/mol. The van der Waals surface area contributed by atoms with Crippen LogP contribution >= 0.6 is 11.6 Å². The third-order valence-corrected chi connectivity index (χ3v) is 3.59. The molecule has 0 spiro atoms. The van der Waals surface area contributed by atoms with Gasteiger partial charge in [0.15, 0.2) is 0 Å². The van der Waals surface area contributed by atoms with E-state index in [9.17, 15) is 4.79 Å². The lowest BCUT2D eigenvalue weighted by Crippen LogP contribution is -2.44. The number of aryl methyl sites for hydroxylation is 1. The molecule has 0 radical (unpaired) electrons. The van der Waals surface area contributed by atoms with Gasteiger partial charge in [-0.2, -0.15) is 0 Å². The number of carbonyl (C=O) groups is 1. The van der Waals surface area contributed by atoms with Crippen LogP contribution in [0.2, 0.25) is 0 Å².